The molecule has 62 valence electrons. The van der Waals surface area contributed by atoms with Gasteiger partial charge in [0.25, 0.3) is 0 Å². The number of hydrogen-bond acceptors (Lipinski definition) is 5. The summed E-state index contributed by atoms with van der Waals surface area (Å²) < 4.78 is 13.1. The zero-order chi connectivity index (χ0) is 8.20. The summed E-state index contributed by atoms with van der Waals surface area (Å²) in [6.07, 6.45) is 0. The van der Waals surface area contributed by atoms with E-state index in [4.69, 9.17) is 28.4 Å². The van der Waals surface area contributed by atoms with Crippen molar-refractivity contribution >= 4 is 42.3 Å². The third kappa shape index (κ3) is 4.05. The molecule has 4 nitrogen and oxygen atoms in total. The quantitative estimate of drug-likeness (QED) is 0.540. The van der Waals surface area contributed by atoms with Gasteiger partial charge in [-0.15, -0.1) is 0 Å². The van der Waals surface area contributed by atoms with Crippen LogP contribution in [-0.2, 0) is 24.6 Å². The molecular formula is C2H6Cl2NO3PS. The van der Waals surface area contributed by atoms with Gasteiger partial charge in [-0.05, 0) is 11.8 Å². The van der Waals surface area contributed by atoms with Crippen LogP contribution in [0, 0.1) is 0 Å². The van der Waals surface area contributed by atoms with E-state index in [0.717, 1.165) is 0 Å². The average Bonchev–Trinajstić information content (AvgIpc) is 1.87. The minimum absolute atomic E-state index is 1.30. The molecule has 0 N–H and O–H groups in total. The van der Waals surface area contributed by atoms with Crippen molar-refractivity contribution in [2.24, 2.45) is 0 Å². The number of hydroxylamine groups is 2. The molecule has 0 aliphatic heterocycles. The van der Waals surface area contributed by atoms with Crippen molar-refractivity contribution in [2.75, 3.05) is 14.1 Å². The molecule has 0 rings (SSSR count). The maximum absolute atomic E-state index is 4.94. The lowest BCUT2D eigenvalue weighted by Crippen LogP contribution is -2.10. The zero-order valence-corrected chi connectivity index (χ0v) is 8.51. The number of hydrogen-bond donors (Lipinski definition) is 0. The van der Waals surface area contributed by atoms with Crippen LogP contribution in [0.15, 0.2) is 0 Å². The van der Waals surface area contributed by atoms with Gasteiger partial charge in [0.2, 0.25) is 0 Å². The Kier molecular flexibility index (Phi) is 5.37. The van der Waals surface area contributed by atoms with Crippen LogP contribution >= 0.6 is 30.5 Å². The molecule has 0 fully saturated rings. The summed E-state index contributed by atoms with van der Waals surface area (Å²) >= 11 is 14.5. The first-order chi connectivity index (χ1) is 4.54. The van der Waals surface area contributed by atoms with Crippen LogP contribution in [0.5, 0.6) is 0 Å². The average molecular weight is 226 g/mol. The van der Waals surface area contributed by atoms with E-state index >= 15 is 0 Å². The Labute approximate surface area is 74.5 Å². The molecule has 0 aliphatic carbocycles. The van der Waals surface area contributed by atoms with Crippen LogP contribution in [0.3, 0.4) is 0 Å². The van der Waals surface area contributed by atoms with E-state index in [-0.39, 0.29) is 0 Å². The van der Waals surface area contributed by atoms with Gasteiger partial charge in [0.05, 0.1) is 23.7 Å². The van der Waals surface area contributed by atoms with Gasteiger partial charge in [-0.2, -0.15) is 13.2 Å². The fourth-order valence-corrected chi connectivity index (χ4v) is 1.51. The van der Waals surface area contributed by atoms with Crippen molar-refractivity contribution in [1.29, 1.82) is 0 Å². The second kappa shape index (κ2) is 4.85. The Morgan fingerprint density at radius 1 is 1.30 bits per heavy atom. The Hall–Kier alpha value is 1.07. The van der Waals surface area contributed by atoms with Crippen LogP contribution in [0.25, 0.3) is 0 Å². The molecule has 0 radical (unpaired) electrons. The van der Waals surface area contributed by atoms with Gasteiger partial charge in [-0.3, -0.25) is 0 Å². The van der Waals surface area contributed by atoms with Gasteiger partial charge in [0.15, 0.2) is 0 Å². The van der Waals surface area contributed by atoms with Gasteiger partial charge >= 0.3 is 6.72 Å². The van der Waals surface area contributed by atoms with Crippen molar-refractivity contribution in [2.45, 2.75) is 0 Å². The minimum atomic E-state index is -2.95. The van der Waals surface area contributed by atoms with Crippen molar-refractivity contribution in [3.05, 3.63) is 0 Å². The first-order valence-corrected chi connectivity index (χ1v) is 5.29. The number of nitrogens with zero attached hydrogens (tertiary/aromatic N) is 1. The standard InChI is InChI=1S/C2H6Cl2NO3PS/c1-5(2)8-9(10,6-3)7-4/h1-2H3. The molecule has 0 amide bonds. The third-order valence-electron chi connectivity index (χ3n) is 0.432. The summed E-state index contributed by atoms with van der Waals surface area (Å²) in [5, 5.41) is 1.30. The highest BCUT2D eigenvalue weighted by Crippen LogP contribution is 2.52. The molecule has 0 saturated heterocycles. The highest BCUT2D eigenvalue weighted by molar-refractivity contribution is 8.08. The number of halogens is 2. The Morgan fingerprint density at radius 2 is 1.70 bits per heavy atom. The maximum Gasteiger partial charge on any atom is 0.377 e. The Morgan fingerprint density at radius 3 is 1.80 bits per heavy atom. The highest BCUT2D eigenvalue weighted by Gasteiger charge is 2.21. The summed E-state index contributed by atoms with van der Waals surface area (Å²) in [6.45, 7) is -2.95. The van der Waals surface area contributed by atoms with Gasteiger partial charge in [-0.25, -0.2) is 4.62 Å². The summed E-state index contributed by atoms with van der Waals surface area (Å²) in [5.74, 6) is 0. The molecule has 0 bridgehead atoms. The molecule has 0 unspecified atom stereocenters. The summed E-state index contributed by atoms with van der Waals surface area (Å²) in [4.78, 5) is 0. The second-order valence-electron chi connectivity index (χ2n) is 1.48. The fraction of sp³-hybridized carbons (Fsp3) is 1.00. The van der Waals surface area contributed by atoms with Crippen LogP contribution in [0.1, 0.15) is 0 Å². The summed E-state index contributed by atoms with van der Waals surface area (Å²) in [6, 6.07) is 0. The van der Waals surface area contributed by atoms with Gasteiger partial charge < -0.3 is 0 Å². The first kappa shape index (κ1) is 11.1. The van der Waals surface area contributed by atoms with Gasteiger partial charge in [0, 0.05) is 14.1 Å². The molecule has 0 aromatic carbocycles. The first-order valence-electron chi connectivity index (χ1n) is 2.12. The smallest absolute Gasteiger partial charge is 0.216 e. The lowest BCUT2D eigenvalue weighted by atomic mass is 11.2. The SMILES string of the molecule is CN(C)OP(=S)(OCl)OCl. The van der Waals surface area contributed by atoms with E-state index in [9.17, 15) is 0 Å². The summed E-state index contributed by atoms with van der Waals surface area (Å²) in [7, 11) is 3.21. The normalized spacial score (nSPS) is 12.5. The largest absolute Gasteiger partial charge is 0.377 e. The third-order valence-corrected chi connectivity index (χ3v) is 3.53. The molecule has 0 saturated carbocycles. The molecule has 10 heavy (non-hydrogen) atoms. The molecule has 0 aromatic heterocycles. The van der Waals surface area contributed by atoms with Crippen LogP contribution in [0.4, 0.5) is 0 Å². The molecule has 0 spiro atoms. The predicted octanol–water partition coefficient (Wildman–Crippen LogP) is 2.04. The Balaban J connectivity index is 3.94. The predicted molar refractivity (Wildman–Crippen MR) is 42.9 cm³/mol. The van der Waals surface area contributed by atoms with Gasteiger partial charge in [0.1, 0.15) is 0 Å². The van der Waals surface area contributed by atoms with Gasteiger partial charge in [-0.1, -0.05) is 0 Å². The maximum atomic E-state index is 4.94. The Bertz CT molecular complexity index is 136. The molecular weight excluding hydrogens is 220 g/mol. The van der Waals surface area contributed by atoms with E-state index in [1.165, 1.54) is 5.06 Å². The molecule has 0 heterocycles. The minimum Gasteiger partial charge on any atom is -0.216 e. The number of rotatable bonds is 4. The molecule has 0 aromatic rings. The monoisotopic (exact) mass is 225 g/mol. The van der Waals surface area contributed by atoms with E-state index in [1.54, 1.807) is 14.1 Å². The molecule has 0 aliphatic rings. The van der Waals surface area contributed by atoms with E-state index < -0.39 is 6.72 Å². The van der Waals surface area contributed by atoms with E-state index in [0.29, 0.717) is 0 Å². The van der Waals surface area contributed by atoms with Crippen LogP contribution in [0.2, 0.25) is 0 Å². The summed E-state index contributed by atoms with van der Waals surface area (Å²) in [5.41, 5.74) is 0. The zero-order valence-electron chi connectivity index (χ0n) is 5.28. The van der Waals surface area contributed by atoms with Crippen LogP contribution in [-0.4, -0.2) is 19.2 Å². The van der Waals surface area contributed by atoms with Crippen molar-refractivity contribution in [1.82, 2.24) is 5.06 Å². The van der Waals surface area contributed by atoms with Crippen molar-refractivity contribution < 1.29 is 12.8 Å². The fourth-order valence-electron chi connectivity index (χ4n) is 0.236. The van der Waals surface area contributed by atoms with Crippen molar-refractivity contribution in [3.63, 3.8) is 0 Å². The molecule has 0 atom stereocenters. The lowest BCUT2D eigenvalue weighted by molar-refractivity contribution is -0.0120. The van der Waals surface area contributed by atoms with Crippen LogP contribution < -0.4 is 0 Å². The van der Waals surface area contributed by atoms with E-state index in [2.05, 4.69) is 20.0 Å². The highest BCUT2D eigenvalue weighted by atomic mass is 35.5. The lowest BCUT2D eigenvalue weighted by Gasteiger charge is -2.16. The molecule has 8 heteroatoms. The van der Waals surface area contributed by atoms with E-state index in [1.807, 2.05) is 0 Å². The van der Waals surface area contributed by atoms with Crippen molar-refractivity contribution in [3.8, 4) is 0 Å². The second-order valence-corrected chi connectivity index (χ2v) is 4.98. The topological polar surface area (TPSA) is 30.9 Å².